The van der Waals surface area contributed by atoms with Crippen LogP contribution in [0, 0.1) is 11.7 Å². The largest absolute Gasteiger partial charge is 0.496 e. The van der Waals surface area contributed by atoms with E-state index >= 15 is 0 Å². The van der Waals surface area contributed by atoms with Crippen molar-refractivity contribution in [3.05, 3.63) is 95.3 Å². The molecular weight excluding hydrogens is 709 g/mol. The van der Waals surface area contributed by atoms with Gasteiger partial charge in [-0.15, -0.1) is 0 Å². The number of ether oxygens (including phenoxy) is 2. The normalized spacial score (nSPS) is 19.3. The molecule has 2 aliphatic heterocycles. The zero-order chi connectivity index (χ0) is 37.4. The van der Waals surface area contributed by atoms with Crippen LogP contribution in [-0.2, 0) is 41.1 Å². The molecule has 5 rings (SSSR count). The number of hydrogen-bond acceptors (Lipinski definition) is 6. The molecule has 0 radical (unpaired) electrons. The van der Waals surface area contributed by atoms with Gasteiger partial charge in [0.05, 0.1) is 18.6 Å². The lowest BCUT2D eigenvalue weighted by molar-refractivity contribution is -0.392. The smallest absolute Gasteiger partial charge is 0.430 e. The molecule has 2 heterocycles. The quantitative estimate of drug-likeness (QED) is 0.183. The van der Waals surface area contributed by atoms with Crippen molar-refractivity contribution in [1.82, 2.24) is 9.80 Å². The van der Waals surface area contributed by atoms with Crippen molar-refractivity contribution in [2.24, 2.45) is 5.92 Å². The van der Waals surface area contributed by atoms with Gasteiger partial charge in [-0.3, -0.25) is 9.59 Å². The summed E-state index contributed by atoms with van der Waals surface area (Å²) in [5.74, 6) is -1.81. The highest BCUT2D eigenvalue weighted by Gasteiger charge is 2.73. The maximum absolute atomic E-state index is 14.7. The second kappa shape index (κ2) is 14.1. The number of carbonyl (C=O) groups is 2. The summed E-state index contributed by atoms with van der Waals surface area (Å²) in [7, 11) is -3.35. The number of alkyl halides is 6. The van der Waals surface area contributed by atoms with Crippen molar-refractivity contribution >= 4 is 21.7 Å². The minimum absolute atomic E-state index is 0.00350. The fourth-order valence-electron chi connectivity index (χ4n) is 6.87. The maximum Gasteiger partial charge on any atom is 0.430 e. The van der Waals surface area contributed by atoms with Crippen molar-refractivity contribution in [2.45, 2.75) is 60.4 Å². The van der Waals surface area contributed by atoms with Gasteiger partial charge < -0.3 is 19.3 Å². The van der Waals surface area contributed by atoms with E-state index in [9.17, 15) is 48.7 Å². The monoisotopic (exact) mass is 744 g/mol. The van der Waals surface area contributed by atoms with E-state index in [1.165, 1.54) is 43.2 Å². The van der Waals surface area contributed by atoms with Gasteiger partial charge in [0.15, 0.2) is 9.84 Å². The number of likely N-dealkylation sites (tertiary alicyclic amines) is 2. The third kappa shape index (κ3) is 6.91. The van der Waals surface area contributed by atoms with Crippen molar-refractivity contribution in [2.75, 3.05) is 33.3 Å². The van der Waals surface area contributed by atoms with Crippen LogP contribution < -0.4 is 4.74 Å². The van der Waals surface area contributed by atoms with Gasteiger partial charge in [0, 0.05) is 50.1 Å². The van der Waals surface area contributed by atoms with Crippen LogP contribution in [0.5, 0.6) is 5.75 Å². The van der Waals surface area contributed by atoms with Gasteiger partial charge in [0.25, 0.3) is 5.60 Å². The molecule has 0 bridgehead atoms. The second-order valence-electron chi connectivity index (χ2n) is 12.6. The Morgan fingerprint density at radius 1 is 0.843 bits per heavy atom. The molecule has 0 spiro atoms. The van der Waals surface area contributed by atoms with E-state index in [1.807, 2.05) is 0 Å². The lowest BCUT2D eigenvalue weighted by Gasteiger charge is -2.38. The molecule has 16 heteroatoms. The predicted molar refractivity (Wildman–Crippen MR) is 169 cm³/mol. The third-order valence-electron chi connectivity index (χ3n) is 9.72. The molecule has 3 aromatic rings. The highest BCUT2D eigenvalue weighted by molar-refractivity contribution is 7.92. The van der Waals surface area contributed by atoms with Crippen LogP contribution >= 0.6 is 0 Å². The SMILES string of the molecule is COc1ccccc1COC(c1ccc([C@]2(S(=O)(=O)c3ccc(F)cc3)CCN(C(=O)C3CCN(C(C)=O)CC3)C2)cc1)(C(F)(F)F)C(F)(F)F. The van der Waals surface area contributed by atoms with E-state index < -0.39 is 63.0 Å². The fourth-order valence-corrected chi connectivity index (χ4v) is 8.95. The molecule has 0 N–H and O–H groups in total. The van der Waals surface area contributed by atoms with E-state index in [2.05, 4.69) is 0 Å². The van der Waals surface area contributed by atoms with Gasteiger partial charge in [-0.1, -0.05) is 42.5 Å². The summed E-state index contributed by atoms with van der Waals surface area (Å²) in [6.45, 7) is 0.341. The Bertz CT molecular complexity index is 1830. The van der Waals surface area contributed by atoms with Crippen molar-refractivity contribution in [3.63, 3.8) is 0 Å². The van der Waals surface area contributed by atoms with Gasteiger partial charge in [0.1, 0.15) is 16.3 Å². The summed E-state index contributed by atoms with van der Waals surface area (Å²) in [5, 5.41) is 0. The Balaban J connectivity index is 1.56. The van der Waals surface area contributed by atoms with E-state index in [-0.39, 0.29) is 46.6 Å². The molecule has 2 saturated heterocycles. The van der Waals surface area contributed by atoms with Crippen LogP contribution in [0.2, 0.25) is 0 Å². The number of carbonyl (C=O) groups excluding carboxylic acids is 2. The average Bonchev–Trinajstić information content (AvgIpc) is 3.55. The predicted octanol–water partition coefficient (Wildman–Crippen LogP) is 6.53. The molecule has 8 nitrogen and oxygen atoms in total. The topological polar surface area (TPSA) is 93.2 Å². The third-order valence-corrected chi connectivity index (χ3v) is 12.2. The summed E-state index contributed by atoms with van der Waals surface area (Å²) in [5.41, 5.74) is -6.42. The number of hydrogen-bond donors (Lipinski definition) is 0. The first kappa shape index (κ1) is 38.1. The van der Waals surface area contributed by atoms with Gasteiger partial charge in [-0.2, -0.15) is 26.3 Å². The molecule has 2 amide bonds. The highest BCUT2D eigenvalue weighted by Crippen LogP contribution is 2.54. The van der Waals surface area contributed by atoms with E-state index in [0.717, 1.165) is 36.4 Å². The van der Waals surface area contributed by atoms with Crippen LogP contribution in [0.1, 0.15) is 42.9 Å². The number of halogens is 7. The van der Waals surface area contributed by atoms with Crippen molar-refractivity contribution < 1.29 is 58.2 Å². The Kier molecular flexibility index (Phi) is 10.5. The zero-order valence-corrected chi connectivity index (χ0v) is 28.4. The number of amides is 2. The van der Waals surface area contributed by atoms with Crippen LogP contribution in [-0.4, -0.2) is 75.7 Å². The molecule has 2 fully saturated rings. The number of rotatable bonds is 9. The molecule has 276 valence electrons. The molecule has 51 heavy (non-hydrogen) atoms. The average molecular weight is 745 g/mol. The minimum atomic E-state index is -6.03. The molecular formula is C35H35F7N2O6S. The number of methoxy groups -OCH3 is 1. The summed E-state index contributed by atoms with van der Waals surface area (Å²) < 4.78 is 138. The van der Waals surface area contributed by atoms with Gasteiger partial charge in [-0.25, -0.2) is 12.8 Å². The van der Waals surface area contributed by atoms with Crippen molar-refractivity contribution in [1.29, 1.82) is 0 Å². The number of benzene rings is 3. The summed E-state index contributed by atoms with van der Waals surface area (Å²) in [6, 6.07) is 12.1. The molecule has 0 saturated carbocycles. The first-order valence-electron chi connectivity index (χ1n) is 15.9. The van der Waals surface area contributed by atoms with E-state index in [1.54, 1.807) is 4.90 Å². The van der Waals surface area contributed by atoms with Gasteiger partial charge in [-0.05, 0) is 55.2 Å². The van der Waals surface area contributed by atoms with Crippen molar-refractivity contribution in [3.8, 4) is 5.75 Å². The van der Waals surface area contributed by atoms with Crippen LogP contribution in [0.25, 0.3) is 0 Å². The molecule has 1 atom stereocenters. The Morgan fingerprint density at radius 3 is 1.98 bits per heavy atom. The van der Waals surface area contributed by atoms with Crippen LogP contribution in [0.4, 0.5) is 30.7 Å². The second-order valence-corrected chi connectivity index (χ2v) is 14.9. The standard InChI is InChI=1S/C35H35F7N2O6S/c1-23(45)43-18-15-24(16-19-43)31(46)44-20-17-32(22-44,51(47,48)29-13-11-28(36)12-14-29)26-7-9-27(10-8-26)33(34(37,38)39,35(40,41)42)50-21-25-5-3-4-6-30(25)49-2/h3-14,24H,15-22H2,1-2H3/t32-/m0/s1. The molecule has 3 aromatic carbocycles. The molecule has 0 aromatic heterocycles. The van der Waals surface area contributed by atoms with Gasteiger partial charge >= 0.3 is 12.4 Å². The zero-order valence-electron chi connectivity index (χ0n) is 27.6. The maximum atomic E-state index is 14.7. The van der Waals surface area contributed by atoms with E-state index in [4.69, 9.17) is 9.47 Å². The Hall–Kier alpha value is -4.18. The number of nitrogens with zero attached hydrogens (tertiary/aromatic N) is 2. The summed E-state index contributed by atoms with van der Waals surface area (Å²) in [4.78, 5) is 28.0. The lowest BCUT2D eigenvalue weighted by Crippen LogP contribution is -2.55. The summed E-state index contributed by atoms with van der Waals surface area (Å²) >= 11 is 0. The van der Waals surface area contributed by atoms with E-state index in [0.29, 0.717) is 38.1 Å². The number of sulfone groups is 1. The molecule has 2 aliphatic rings. The highest BCUT2D eigenvalue weighted by atomic mass is 32.2. The number of para-hydroxylation sites is 1. The van der Waals surface area contributed by atoms with Crippen LogP contribution in [0.3, 0.4) is 0 Å². The molecule has 0 aliphatic carbocycles. The fraction of sp³-hybridized carbons (Fsp3) is 0.429. The molecule has 0 unspecified atom stereocenters. The Labute approximate surface area is 290 Å². The Morgan fingerprint density at radius 2 is 1.43 bits per heavy atom. The van der Waals surface area contributed by atoms with Crippen LogP contribution in [0.15, 0.2) is 77.7 Å². The first-order chi connectivity index (χ1) is 23.9. The summed E-state index contributed by atoms with van der Waals surface area (Å²) in [6.07, 6.45) is -11.7. The van der Waals surface area contributed by atoms with Gasteiger partial charge in [0.2, 0.25) is 11.8 Å². The minimum Gasteiger partial charge on any atom is -0.496 e. The lowest BCUT2D eigenvalue weighted by atomic mass is 9.88. The number of piperidine rings is 1. The first-order valence-corrected chi connectivity index (χ1v) is 17.4.